The predicted molar refractivity (Wildman–Crippen MR) is 73.9 cm³/mol. The third-order valence-corrected chi connectivity index (χ3v) is 2.99. The van der Waals surface area contributed by atoms with E-state index in [0.29, 0.717) is 24.0 Å². The summed E-state index contributed by atoms with van der Waals surface area (Å²) in [6, 6.07) is 4.41. The van der Waals surface area contributed by atoms with Crippen LogP contribution in [0.1, 0.15) is 13.3 Å². The number of anilines is 1. The Kier molecular flexibility index (Phi) is 6.07. The second-order valence-electron chi connectivity index (χ2n) is 3.86. The lowest BCUT2D eigenvalue weighted by Crippen LogP contribution is -2.35. The van der Waals surface area contributed by atoms with Crippen LogP contribution in [0.25, 0.3) is 0 Å². The molecule has 100 valence electrons. The van der Waals surface area contributed by atoms with E-state index in [2.05, 4.69) is 26.6 Å². The smallest absolute Gasteiger partial charge is 0.222 e. The van der Waals surface area contributed by atoms with E-state index in [0.717, 1.165) is 5.69 Å². The number of hydrogen-bond donors (Lipinski definition) is 3. The standard InChI is InChI=1S/C12H17BrFN3O/c1-2-16-12(18)6-9(7-15)17-8-3-4-11(14)10(13)5-8/h3-5,9,17H,2,6-7,15H2,1H3,(H,16,18). The highest BCUT2D eigenvalue weighted by Gasteiger charge is 2.12. The van der Waals surface area contributed by atoms with E-state index in [9.17, 15) is 9.18 Å². The fourth-order valence-electron chi connectivity index (χ4n) is 1.51. The molecule has 18 heavy (non-hydrogen) atoms. The molecule has 0 heterocycles. The highest BCUT2D eigenvalue weighted by Crippen LogP contribution is 2.20. The maximum absolute atomic E-state index is 13.1. The topological polar surface area (TPSA) is 67.2 Å². The first-order chi connectivity index (χ1) is 8.56. The van der Waals surface area contributed by atoms with Gasteiger partial charge in [0.25, 0.3) is 0 Å². The van der Waals surface area contributed by atoms with Crippen molar-refractivity contribution in [2.75, 3.05) is 18.4 Å². The van der Waals surface area contributed by atoms with Gasteiger partial charge in [-0.05, 0) is 41.1 Å². The van der Waals surface area contributed by atoms with Gasteiger partial charge in [0.2, 0.25) is 5.91 Å². The molecule has 4 N–H and O–H groups in total. The van der Waals surface area contributed by atoms with Gasteiger partial charge in [0.1, 0.15) is 5.82 Å². The summed E-state index contributed by atoms with van der Waals surface area (Å²) < 4.78 is 13.4. The molecule has 0 spiro atoms. The van der Waals surface area contributed by atoms with Crippen LogP contribution in [-0.4, -0.2) is 25.0 Å². The van der Waals surface area contributed by atoms with Crippen LogP contribution in [0.15, 0.2) is 22.7 Å². The summed E-state index contributed by atoms with van der Waals surface area (Å²) in [4.78, 5) is 11.4. The van der Waals surface area contributed by atoms with Crippen LogP contribution in [0.4, 0.5) is 10.1 Å². The van der Waals surface area contributed by atoms with Crippen LogP contribution in [0.5, 0.6) is 0 Å². The summed E-state index contributed by atoms with van der Waals surface area (Å²) in [5.74, 6) is -0.379. The predicted octanol–water partition coefficient (Wildman–Crippen LogP) is 1.85. The minimum atomic E-state index is -0.325. The number of benzene rings is 1. The molecule has 0 fully saturated rings. The zero-order chi connectivity index (χ0) is 13.5. The molecule has 1 aromatic carbocycles. The van der Waals surface area contributed by atoms with Gasteiger partial charge >= 0.3 is 0 Å². The number of amides is 1. The molecule has 0 aliphatic heterocycles. The van der Waals surface area contributed by atoms with Crippen LogP contribution in [0.3, 0.4) is 0 Å². The normalized spacial score (nSPS) is 12.0. The fraction of sp³-hybridized carbons (Fsp3) is 0.417. The third-order valence-electron chi connectivity index (χ3n) is 2.38. The zero-order valence-electron chi connectivity index (χ0n) is 10.2. The van der Waals surface area contributed by atoms with Gasteiger partial charge in [0.15, 0.2) is 0 Å². The Morgan fingerprint density at radius 3 is 2.83 bits per heavy atom. The first-order valence-electron chi connectivity index (χ1n) is 5.75. The van der Waals surface area contributed by atoms with Crippen LogP contribution >= 0.6 is 15.9 Å². The molecule has 0 saturated heterocycles. The molecule has 4 nitrogen and oxygen atoms in total. The lowest BCUT2D eigenvalue weighted by molar-refractivity contribution is -0.121. The van der Waals surface area contributed by atoms with Gasteiger partial charge in [0.05, 0.1) is 4.47 Å². The third kappa shape index (κ3) is 4.62. The number of carbonyl (C=O) groups excluding carboxylic acids is 1. The maximum atomic E-state index is 13.1. The van der Waals surface area contributed by atoms with Crippen molar-refractivity contribution in [1.29, 1.82) is 0 Å². The van der Waals surface area contributed by atoms with Crippen molar-refractivity contribution in [2.24, 2.45) is 5.73 Å². The number of nitrogens with two attached hydrogens (primary N) is 1. The number of rotatable bonds is 6. The van der Waals surface area contributed by atoms with Crippen molar-refractivity contribution >= 4 is 27.5 Å². The minimum Gasteiger partial charge on any atom is -0.380 e. The van der Waals surface area contributed by atoms with Crippen LogP contribution in [0, 0.1) is 5.82 Å². The molecule has 0 aliphatic carbocycles. The van der Waals surface area contributed by atoms with Gasteiger partial charge in [-0.3, -0.25) is 4.79 Å². The van der Waals surface area contributed by atoms with E-state index < -0.39 is 0 Å². The summed E-state index contributed by atoms with van der Waals surface area (Å²) in [7, 11) is 0. The summed E-state index contributed by atoms with van der Waals surface area (Å²) in [6.45, 7) is 2.78. The largest absolute Gasteiger partial charge is 0.380 e. The lowest BCUT2D eigenvalue weighted by atomic mass is 10.2. The monoisotopic (exact) mass is 317 g/mol. The molecule has 0 bridgehead atoms. The van der Waals surface area contributed by atoms with E-state index in [4.69, 9.17) is 5.73 Å². The van der Waals surface area contributed by atoms with Gasteiger partial charge in [0, 0.05) is 31.2 Å². The first kappa shape index (κ1) is 14.9. The summed E-state index contributed by atoms with van der Waals surface area (Å²) >= 11 is 3.11. The highest BCUT2D eigenvalue weighted by atomic mass is 79.9. The molecule has 0 aromatic heterocycles. The van der Waals surface area contributed by atoms with Gasteiger partial charge in [-0.15, -0.1) is 0 Å². The molecule has 1 amide bonds. The van der Waals surface area contributed by atoms with Gasteiger partial charge in [-0.2, -0.15) is 0 Å². The molecular weight excluding hydrogens is 301 g/mol. The van der Waals surface area contributed by atoms with Gasteiger partial charge in [-0.1, -0.05) is 0 Å². The first-order valence-corrected chi connectivity index (χ1v) is 6.54. The SMILES string of the molecule is CCNC(=O)CC(CN)Nc1ccc(F)c(Br)c1. The van der Waals surface area contributed by atoms with Gasteiger partial charge < -0.3 is 16.4 Å². The summed E-state index contributed by atoms with van der Waals surface area (Å²) in [5, 5.41) is 5.82. The molecule has 0 radical (unpaired) electrons. The van der Waals surface area contributed by atoms with Crippen molar-refractivity contribution in [3.05, 3.63) is 28.5 Å². The van der Waals surface area contributed by atoms with Crippen molar-refractivity contribution in [3.63, 3.8) is 0 Å². The van der Waals surface area contributed by atoms with Crippen molar-refractivity contribution < 1.29 is 9.18 Å². The number of carbonyl (C=O) groups is 1. The van der Waals surface area contributed by atoms with E-state index >= 15 is 0 Å². The second kappa shape index (κ2) is 7.33. The molecular formula is C12H17BrFN3O. The molecule has 1 rings (SSSR count). The Balaban J connectivity index is 2.62. The number of halogens is 2. The van der Waals surface area contributed by atoms with E-state index in [1.54, 1.807) is 12.1 Å². The Bertz CT molecular complexity index is 414. The molecule has 1 unspecified atom stereocenters. The Morgan fingerprint density at radius 2 is 2.28 bits per heavy atom. The molecule has 0 saturated carbocycles. The highest BCUT2D eigenvalue weighted by molar-refractivity contribution is 9.10. The molecule has 6 heteroatoms. The Hall–Kier alpha value is -1.14. The number of hydrogen-bond acceptors (Lipinski definition) is 3. The maximum Gasteiger partial charge on any atom is 0.222 e. The fourth-order valence-corrected chi connectivity index (χ4v) is 1.89. The van der Waals surface area contributed by atoms with E-state index in [1.807, 2.05) is 6.92 Å². The quantitative estimate of drug-likeness (QED) is 0.750. The molecule has 0 aliphatic rings. The van der Waals surface area contributed by atoms with Crippen molar-refractivity contribution in [2.45, 2.75) is 19.4 Å². The molecule has 1 atom stereocenters. The minimum absolute atomic E-state index is 0.0540. The Morgan fingerprint density at radius 1 is 1.56 bits per heavy atom. The zero-order valence-corrected chi connectivity index (χ0v) is 11.8. The van der Waals surface area contributed by atoms with Gasteiger partial charge in [-0.25, -0.2) is 4.39 Å². The summed E-state index contributed by atoms with van der Waals surface area (Å²) in [5.41, 5.74) is 6.33. The average Bonchev–Trinajstić information content (AvgIpc) is 2.33. The second-order valence-corrected chi connectivity index (χ2v) is 4.72. The Labute approximate surface area is 114 Å². The van der Waals surface area contributed by atoms with Crippen molar-refractivity contribution in [3.8, 4) is 0 Å². The van der Waals surface area contributed by atoms with Crippen LogP contribution < -0.4 is 16.4 Å². The van der Waals surface area contributed by atoms with Crippen LogP contribution in [-0.2, 0) is 4.79 Å². The van der Waals surface area contributed by atoms with E-state index in [-0.39, 0.29) is 17.8 Å². The summed E-state index contributed by atoms with van der Waals surface area (Å²) in [6.07, 6.45) is 0.291. The van der Waals surface area contributed by atoms with E-state index in [1.165, 1.54) is 6.07 Å². The number of nitrogens with one attached hydrogen (secondary N) is 2. The van der Waals surface area contributed by atoms with Crippen molar-refractivity contribution in [1.82, 2.24) is 5.32 Å². The average molecular weight is 318 g/mol. The lowest BCUT2D eigenvalue weighted by Gasteiger charge is -2.17. The molecule has 1 aromatic rings. The van der Waals surface area contributed by atoms with Crippen LogP contribution in [0.2, 0.25) is 0 Å².